The number of aromatic nitrogens is 1. The molecular formula is C15H18N4O2. The molecule has 21 heavy (non-hydrogen) atoms. The van der Waals surface area contributed by atoms with Crippen molar-refractivity contribution in [3.63, 3.8) is 0 Å². The van der Waals surface area contributed by atoms with Crippen molar-refractivity contribution in [2.45, 2.75) is 31.8 Å². The molecule has 1 aromatic heterocycles. The molecule has 4 N–H and O–H groups in total. The molecule has 2 rings (SSSR count). The van der Waals surface area contributed by atoms with Gasteiger partial charge in [-0.2, -0.15) is 0 Å². The Labute approximate surface area is 123 Å². The summed E-state index contributed by atoms with van der Waals surface area (Å²) in [5.41, 5.74) is 6.28. The lowest BCUT2D eigenvalue weighted by molar-refractivity contribution is -0.122. The summed E-state index contributed by atoms with van der Waals surface area (Å²) < 4.78 is 0. The molecule has 1 fully saturated rings. The highest BCUT2D eigenvalue weighted by Gasteiger charge is 2.26. The van der Waals surface area contributed by atoms with Gasteiger partial charge in [-0.3, -0.25) is 14.6 Å². The summed E-state index contributed by atoms with van der Waals surface area (Å²) in [4.78, 5) is 27.8. The van der Waals surface area contributed by atoms with Crippen molar-refractivity contribution in [3.8, 4) is 11.8 Å². The lowest BCUT2D eigenvalue weighted by Crippen LogP contribution is -2.45. The van der Waals surface area contributed by atoms with E-state index in [1.807, 2.05) is 0 Å². The zero-order valence-electron chi connectivity index (χ0n) is 11.8. The number of carbonyl (C=O) groups is 2. The summed E-state index contributed by atoms with van der Waals surface area (Å²) in [6.07, 6.45) is 5.02. The molecule has 1 saturated carbocycles. The molecule has 1 aromatic rings. The van der Waals surface area contributed by atoms with Gasteiger partial charge in [-0.05, 0) is 25.8 Å². The van der Waals surface area contributed by atoms with Crippen LogP contribution in [0.2, 0.25) is 0 Å². The van der Waals surface area contributed by atoms with Gasteiger partial charge < -0.3 is 16.4 Å². The number of hydrogen-bond acceptors (Lipinski definition) is 4. The monoisotopic (exact) mass is 286 g/mol. The van der Waals surface area contributed by atoms with Crippen LogP contribution in [0.5, 0.6) is 0 Å². The molecule has 0 aliphatic heterocycles. The van der Waals surface area contributed by atoms with Crippen LogP contribution in [0.25, 0.3) is 0 Å². The van der Waals surface area contributed by atoms with Crippen molar-refractivity contribution in [1.29, 1.82) is 0 Å². The Balaban J connectivity index is 1.97. The largest absolute Gasteiger partial charge is 0.352 e. The van der Waals surface area contributed by atoms with Crippen LogP contribution in [-0.2, 0) is 4.79 Å². The van der Waals surface area contributed by atoms with Crippen molar-refractivity contribution in [2.75, 3.05) is 6.54 Å². The van der Waals surface area contributed by atoms with Crippen LogP contribution in [0.1, 0.15) is 35.7 Å². The van der Waals surface area contributed by atoms with E-state index in [-0.39, 0.29) is 24.4 Å². The standard InChI is InChI=1S/C15H18N4O2/c1-10(14(20)19-13-4-5-13)18-15(21)12-7-11(3-2-6-16)8-17-9-12/h7-10,13H,4-6,16H2,1H3,(H,18,21)(H,19,20). The zero-order valence-corrected chi connectivity index (χ0v) is 11.8. The van der Waals surface area contributed by atoms with Gasteiger partial charge >= 0.3 is 0 Å². The van der Waals surface area contributed by atoms with E-state index in [1.165, 1.54) is 6.20 Å². The Hall–Kier alpha value is -2.39. The first-order valence-electron chi connectivity index (χ1n) is 6.85. The summed E-state index contributed by atoms with van der Waals surface area (Å²) in [7, 11) is 0. The maximum atomic E-state index is 12.1. The van der Waals surface area contributed by atoms with Crippen molar-refractivity contribution < 1.29 is 9.59 Å². The Kier molecular flexibility index (Phi) is 4.90. The fraction of sp³-hybridized carbons (Fsp3) is 0.400. The first kappa shape index (κ1) is 15.0. The number of amides is 2. The van der Waals surface area contributed by atoms with E-state index in [0.717, 1.165) is 12.8 Å². The molecule has 0 aromatic carbocycles. The molecule has 2 amide bonds. The highest BCUT2D eigenvalue weighted by molar-refractivity contribution is 5.97. The molecular weight excluding hydrogens is 268 g/mol. The van der Waals surface area contributed by atoms with E-state index in [2.05, 4.69) is 27.5 Å². The van der Waals surface area contributed by atoms with Crippen molar-refractivity contribution in [1.82, 2.24) is 15.6 Å². The van der Waals surface area contributed by atoms with Crippen LogP contribution >= 0.6 is 0 Å². The number of carbonyl (C=O) groups excluding carboxylic acids is 2. The number of nitrogens with one attached hydrogen (secondary N) is 2. The third kappa shape index (κ3) is 4.58. The SMILES string of the molecule is CC(NC(=O)c1cncc(C#CCN)c1)C(=O)NC1CC1. The summed E-state index contributed by atoms with van der Waals surface area (Å²) in [5, 5.41) is 5.49. The van der Waals surface area contributed by atoms with Gasteiger partial charge in [0.25, 0.3) is 5.91 Å². The first-order valence-corrected chi connectivity index (χ1v) is 6.85. The van der Waals surface area contributed by atoms with Crippen LogP contribution in [0.3, 0.4) is 0 Å². The molecule has 0 spiro atoms. The summed E-state index contributed by atoms with van der Waals surface area (Å²) in [6, 6.07) is 1.31. The molecule has 0 bridgehead atoms. The number of nitrogens with two attached hydrogens (primary N) is 1. The number of hydrogen-bond donors (Lipinski definition) is 3. The molecule has 1 heterocycles. The quantitative estimate of drug-likeness (QED) is 0.667. The summed E-state index contributed by atoms with van der Waals surface area (Å²) in [5.74, 6) is 5.00. The molecule has 6 heteroatoms. The molecule has 0 saturated heterocycles. The van der Waals surface area contributed by atoms with Crippen LogP contribution in [0, 0.1) is 11.8 Å². The van der Waals surface area contributed by atoms with Gasteiger partial charge in [-0.15, -0.1) is 0 Å². The summed E-state index contributed by atoms with van der Waals surface area (Å²) >= 11 is 0. The Morgan fingerprint density at radius 3 is 2.90 bits per heavy atom. The zero-order chi connectivity index (χ0) is 15.2. The van der Waals surface area contributed by atoms with Crippen LogP contribution in [0.4, 0.5) is 0 Å². The predicted octanol–water partition coefficient (Wildman–Crippen LogP) is -0.211. The maximum Gasteiger partial charge on any atom is 0.253 e. The Morgan fingerprint density at radius 2 is 2.24 bits per heavy atom. The van der Waals surface area contributed by atoms with Gasteiger partial charge in [0.2, 0.25) is 5.91 Å². The average molecular weight is 286 g/mol. The minimum absolute atomic E-state index is 0.169. The second-order valence-corrected chi connectivity index (χ2v) is 4.95. The lowest BCUT2D eigenvalue weighted by Gasteiger charge is -2.13. The van der Waals surface area contributed by atoms with Crippen molar-refractivity contribution in [2.24, 2.45) is 5.73 Å². The van der Waals surface area contributed by atoms with E-state index < -0.39 is 6.04 Å². The number of nitrogens with zero attached hydrogens (tertiary/aromatic N) is 1. The van der Waals surface area contributed by atoms with E-state index >= 15 is 0 Å². The Morgan fingerprint density at radius 1 is 1.48 bits per heavy atom. The third-order valence-corrected chi connectivity index (χ3v) is 3.00. The van der Waals surface area contributed by atoms with E-state index in [1.54, 1.807) is 19.2 Å². The predicted molar refractivity (Wildman–Crippen MR) is 78.3 cm³/mol. The van der Waals surface area contributed by atoms with Crippen molar-refractivity contribution in [3.05, 3.63) is 29.6 Å². The highest BCUT2D eigenvalue weighted by Crippen LogP contribution is 2.18. The molecule has 6 nitrogen and oxygen atoms in total. The molecule has 1 aliphatic carbocycles. The van der Waals surface area contributed by atoms with E-state index in [9.17, 15) is 9.59 Å². The first-order chi connectivity index (χ1) is 10.1. The second-order valence-electron chi connectivity index (χ2n) is 4.95. The van der Waals surface area contributed by atoms with Gasteiger partial charge in [-0.25, -0.2) is 0 Å². The minimum atomic E-state index is -0.586. The normalized spacial score (nSPS) is 14.6. The average Bonchev–Trinajstić information content (AvgIpc) is 3.29. The molecule has 1 atom stereocenters. The van der Waals surface area contributed by atoms with Crippen molar-refractivity contribution >= 4 is 11.8 Å². The fourth-order valence-electron chi connectivity index (χ4n) is 1.68. The molecule has 1 unspecified atom stereocenters. The second kappa shape index (κ2) is 6.86. The topological polar surface area (TPSA) is 97.1 Å². The lowest BCUT2D eigenvalue weighted by atomic mass is 10.2. The Bertz CT molecular complexity index is 599. The van der Waals surface area contributed by atoms with Gasteiger partial charge in [0, 0.05) is 24.0 Å². The van der Waals surface area contributed by atoms with E-state index in [0.29, 0.717) is 11.1 Å². The highest BCUT2D eigenvalue weighted by atomic mass is 16.2. The number of pyridine rings is 1. The van der Waals surface area contributed by atoms with Gasteiger partial charge in [-0.1, -0.05) is 11.8 Å². The maximum absolute atomic E-state index is 12.1. The number of rotatable bonds is 4. The third-order valence-electron chi connectivity index (χ3n) is 3.00. The smallest absolute Gasteiger partial charge is 0.253 e. The molecule has 0 radical (unpaired) electrons. The molecule has 1 aliphatic rings. The van der Waals surface area contributed by atoms with Crippen LogP contribution in [0.15, 0.2) is 18.5 Å². The van der Waals surface area contributed by atoms with Gasteiger partial charge in [0.1, 0.15) is 6.04 Å². The summed E-state index contributed by atoms with van der Waals surface area (Å²) in [6.45, 7) is 1.90. The molecule has 110 valence electrons. The van der Waals surface area contributed by atoms with Crippen LogP contribution in [-0.4, -0.2) is 35.4 Å². The fourth-order valence-corrected chi connectivity index (χ4v) is 1.68. The van der Waals surface area contributed by atoms with Gasteiger partial charge in [0.15, 0.2) is 0 Å². The minimum Gasteiger partial charge on any atom is -0.352 e. The van der Waals surface area contributed by atoms with E-state index in [4.69, 9.17) is 5.73 Å². The van der Waals surface area contributed by atoms with Crippen LogP contribution < -0.4 is 16.4 Å². The van der Waals surface area contributed by atoms with Gasteiger partial charge in [0.05, 0.1) is 12.1 Å².